The maximum absolute atomic E-state index is 10.9. The highest BCUT2D eigenvalue weighted by Crippen LogP contribution is 2.39. The number of benzene rings is 2. The molecule has 148 valence electrons. The number of imidazole rings is 1. The van der Waals surface area contributed by atoms with E-state index in [0.717, 1.165) is 28.1 Å². The van der Waals surface area contributed by atoms with Crippen LogP contribution in [0.3, 0.4) is 0 Å². The molecule has 0 bridgehead atoms. The topological polar surface area (TPSA) is 44.5 Å². The molecule has 0 atom stereocenters. The summed E-state index contributed by atoms with van der Waals surface area (Å²) >= 11 is 0. The largest absolute Gasteiger partial charge is 0.507 e. The van der Waals surface area contributed by atoms with Crippen LogP contribution in [0.15, 0.2) is 71.8 Å². The Morgan fingerprint density at radius 1 is 0.931 bits per heavy atom. The lowest BCUT2D eigenvalue weighted by Gasteiger charge is -2.38. The Balaban J connectivity index is 1.84. The van der Waals surface area contributed by atoms with Crippen molar-refractivity contribution in [1.82, 2.24) is 14.5 Å². The van der Waals surface area contributed by atoms with Crippen molar-refractivity contribution in [2.75, 3.05) is 11.9 Å². The Kier molecular flexibility index (Phi) is 4.46. The molecule has 0 unspecified atom stereocenters. The van der Waals surface area contributed by atoms with E-state index in [2.05, 4.69) is 51.1 Å². The van der Waals surface area contributed by atoms with Crippen molar-refractivity contribution < 1.29 is 5.11 Å². The van der Waals surface area contributed by atoms with Crippen LogP contribution in [0.4, 0.5) is 5.69 Å². The minimum Gasteiger partial charge on any atom is -0.507 e. The second-order valence-corrected chi connectivity index (χ2v) is 7.41. The monoisotopic (exact) mass is 386 g/mol. The van der Waals surface area contributed by atoms with Crippen LogP contribution in [0.5, 0.6) is 5.75 Å². The fraction of sp³-hybridized carbons (Fsp3) is 0.208. The van der Waals surface area contributed by atoms with Crippen molar-refractivity contribution in [1.29, 1.82) is 0 Å². The van der Waals surface area contributed by atoms with Gasteiger partial charge in [-0.25, -0.2) is 4.98 Å². The maximum atomic E-state index is 10.9. The van der Waals surface area contributed by atoms with Crippen LogP contribution in [0.2, 0.25) is 0 Å². The predicted molar refractivity (Wildman–Crippen MR) is 120 cm³/mol. The lowest BCUT2D eigenvalue weighted by Crippen LogP contribution is -2.32. The summed E-state index contributed by atoms with van der Waals surface area (Å²) in [5, 5.41) is 10.9. The van der Waals surface area contributed by atoms with E-state index in [4.69, 9.17) is 4.98 Å². The third-order valence-electron chi connectivity index (χ3n) is 5.98. The number of para-hydroxylation sites is 2. The van der Waals surface area contributed by atoms with E-state index >= 15 is 0 Å². The number of hydrogen-bond donors (Lipinski definition) is 1. The molecule has 0 saturated carbocycles. The number of phenolic OH excluding ortho intramolecular Hbond substituents is 1. The van der Waals surface area contributed by atoms with Gasteiger partial charge in [0.2, 0.25) is 0 Å². The molecule has 1 N–H and O–H groups in total. The van der Waals surface area contributed by atoms with Crippen molar-refractivity contribution in [2.24, 2.45) is 0 Å². The zero-order valence-electron chi connectivity index (χ0n) is 17.6. The van der Waals surface area contributed by atoms with E-state index < -0.39 is 0 Å². The number of nitrogens with zero attached hydrogens (tertiary/aromatic N) is 4. The number of rotatable bonds is 3. The highest BCUT2D eigenvalue weighted by atomic mass is 16.3. The summed E-state index contributed by atoms with van der Waals surface area (Å²) < 4.78 is 1.91. The molecule has 3 aromatic rings. The molecule has 0 amide bonds. The van der Waals surface area contributed by atoms with Crippen LogP contribution in [0.25, 0.3) is 28.6 Å². The fourth-order valence-electron chi connectivity index (χ4n) is 3.97. The fourth-order valence-corrected chi connectivity index (χ4v) is 3.97. The molecule has 4 rings (SSSR count). The Morgan fingerprint density at radius 2 is 1.59 bits per heavy atom. The van der Waals surface area contributed by atoms with Gasteiger partial charge in [-0.15, -0.1) is 0 Å². The summed E-state index contributed by atoms with van der Waals surface area (Å²) in [5.41, 5.74) is 8.08. The first-order valence-electron chi connectivity index (χ1n) is 9.67. The molecule has 0 fully saturated rings. The molecule has 0 radical (unpaired) electrons. The van der Waals surface area contributed by atoms with Crippen LogP contribution in [-0.2, 0) is 0 Å². The van der Waals surface area contributed by atoms with Gasteiger partial charge in [-0.05, 0) is 52.0 Å². The number of hydrogen-bond acceptors (Lipinski definition) is 4. The maximum Gasteiger partial charge on any atom is 0.148 e. The normalized spacial score (nSPS) is 14.9. The van der Waals surface area contributed by atoms with Crippen molar-refractivity contribution in [3.05, 3.63) is 71.8 Å². The molecule has 0 spiro atoms. The molecule has 1 aliphatic rings. The Hall–Kier alpha value is -3.47. The number of anilines is 1. The molecule has 2 aromatic carbocycles. The quantitative estimate of drug-likeness (QED) is 0.621. The van der Waals surface area contributed by atoms with Gasteiger partial charge < -0.3 is 14.9 Å². The first-order valence-corrected chi connectivity index (χ1v) is 9.67. The molecule has 5 nitrogen and oxygen atoms in total. The molecular weight excluding hydrogens is 360 g/mol. The molecule has 5 heteroatoms. The molecule has 2 heterocycles. The summed E-state index contributed by atoms with van der Waals surface area (Å²) in [5.74, 6) is 0.867. The summed E-state index contributed by atoms with van der Waals surface area (Å²) in [4.78, 5) is 9.09. The molecular formula is C24H26N4O. The second-order valence-electron chi connectivity index (χ2n) is 7.41. The van der Waals surface area contributed by atoms with E-state index in [0.29, 0.717) is 11.4 Å². The van der Waals surface area contributed by atoms with Crippen molar-refractivity contribution >= 4 is 22.9 Å². The summed E-state index contributed by atoms with van der Waals surface area (Å²) in [6.07, 6.45) is 1.73. The standard InChI is InChI=1S/C24H26N4O/c1-7-27-22-11-9-8-10-21(22)25-24(27)20-13-12-19(14-23(20)29)28-17(4)15(2)26(6)16(3)18(28)5/h7-14,29H,1H2,2-6H3. The minimum absolute atomic E-state index is 0.191. The van der Waals surface area contributed by atoms with E-state index in [9.17, 15) is 5.11 Å². The van der Waals surface area contributed by atoms with E-state index in [-0.39, 0.29) is 5.75 Å². The lowest BCUT2D eigenvalue weighted by molar-refractivity contribution is 0.476. The summed E-state index contributed by atoms with van der Waals surface area (Å²) in [7, 11) is 2.08. The summed E-state index contributed by atoms with van der Waals surface area (Å²) in [6.45, 7) is 12.3. The van der Waals surface area contributed by atoms with Crippen molar-refractivity contribution in [3.8, 4) is 17.1 Å². The number of fused-ring (bicyclic) bond motifs is 1. The molecule has 0 saturated heterocycles. The highest BCUT2D eigenvalue weighted by molar-refractivity contribution is 5.85. The van der Waals surface area contributed by atoms with Gasteiger partial charge in [0.05, 0.1) is 16.6 Å². The van der Waals surface area contributed by atoms with Crippen LogP contribution >= 0.6 is 0 Å². The number of aromatic hydroxyl groups is 1. The SMILES string of the molecule is C=Cn1c(-c2ccc(N3C(C)=C(C)N(C)C(C)=C3C)cc2O)nc2ccccc21. The zero-order chi connectivity index (χ0) is 20.9. The Bertz CT molecular complexity index is 1170. The predicted octanol–water partition coefficient (Wildman–Crippen LogP) is 5.76. The van der Waals surface area contributed by atoms with Gasteiger partial charge in [0.15, 0.2) is 0 Å². The van der Waals surface area contributed by atoms with Gasteiger partial charge in [0, 0.05) is 47.8 Å². The third kappa shape index (κ3) is 2.81. The molecule has 29 heavy (non-hydrogen) atoms. The van der Waals surface area contributed by atoms with Crippen molar-refractivity contribution in [3.63, 3.8) is 0 Å². The first kappa shape index (κ1) is 18.9. The van der Waals surface area contributed by atoms with Crippen LogP contribution < -0.4 is 4.90 Å². The number of allylic oxidation sites excluding steroid dienone is 4. The lowest BCUT2D eigenvalue weighted by atomic mass is 10.1. The third-order valence-corrected chi connectivity index (χ3v) is 5.98. The molecule has 1 aromatic heterocycles. The minimum atomic E-state index is 0.191. The van der Waals surface area contributed by atoms with Gasteiger partial charge in [0.1, 0.15) is 11.6 Å². The van der Waals surface area contributed by atoms with E-state index in [1.165, 1.54) is 11.4 Å². The van der Waals surface area contributed by atoms with Gasteiger partial charge in [-0.1, -0.05) is 18.7 Å². The molecule has 1 aliphatic heterocycles. The Morgan fingerprint density at radius 3 is 2.21 bits per heavy atom. The Labute approximate surface area is 171 Å². The first-order chi connectivity index (χ1) is 13.8. The summed E-state index contributed by atoms with van der Waals surface area (Å²) in [6, 6.07) is 13.6. The van der Waals surface area contributed by atoms with Crippen LogP contribution in [-0.4, -0.2) is 26.6 Å². The van der Waals surface area contributed by atoms with Gasteiger partial charge >= 0.3 is 0 Å². The van der Waals surface area contributed by atoms with E-state index in [1.807, 2.05) is 41.0 Å². The average Bonchev–Trinajstić information content (AvgIpc) is 3.09. The van der Waals surface area contributed by atoms with E-state index in [1.54, 1.807) is 12.3 Å². The van der Waals surface area contributed by atoms with Crippen molar-refractivity contribution in [2.45, 2.75) is 27.7 Å². The highest BCUT2D eigenvalue weighted by Gasteiger charge is 2.24. The molecule has 0 aliphatic carbocycles. The number of phenols is 1. The van der Waals surface area contributed by atoms with Gasteiger partial charge in [-0.2, -0.15) is 0 Å². The van der Waals surface area contributed by atoms with Gasteiger partial charge in [-0.3, -0.25) is 4.57 Å². The second kappa shape index (κ2) is 6.85. The zero-order valence-corrected chi connectivity index (χ0v) is 17.6. The smallest absolute Gasteiger partial charge is 0.148 e. The van der Waals surface area contributed by atoms with Crippen LogP contribution in [0, 0.1) is 0 Å². The number of aromatic nitrogens is 2. The van der Waals surface area contributed by atoms with Crippen LogP contribution in [0.1, 0.15) is 27.7 Å². The van der Waals surface area contributed by atoms with Gasteiger partial charge in [0.25, 0.3) is 0 Å². The average molecular weight is 386 g/mol.